The predicted octanol–water partition coefficient (Wildman–Crippen LogP) is 3.60. The lowest BCUT2D eigenvalue weighted by molar-refractivity contribution is 0.660. The summed E-state index contributed by atoms with van der Waals surface area (Å²) in [5, 5.41) is 0. The van der Waals surface area contributed by atoms with Crippen molar-refractivity contribution >= 4 is 0 Å². The number of hydrogen-bond donors (Lipinski definition) is 0. The molecule has 2 aliphatic carbocycles. The van der Waals surface area contributed by atoms with Crippen LogP contribution in [0.3, 0.4) is 0 Å². The van der Waals surface area contributed by atoms with Gasteiger partial charge in [0.1, 0.15) is 0 Å². The van der Waals surface area contributed by atoms with Crippen molar-refractivity contribution in [2.24, 2.45) is 5.92 Å². The largest absolute Gasteiger partial charge is 0.0776 e. The number of hydrogen-bond acceptors (Lipinski definition) is 0. The predicted molar refractivity (Wildman–Crippen MR) is 57.1 cm³/mol. The smallest absolute Gasteiger partial charge is 0.00535 e. The average Bonchev–Trinajstić information content (AvgIpc) is 2.75. The Bertz CT molecular complexity index is 264. The molecule has 0 heterocycles. The normalized spacial score (nSPS) is 20.2. The summed E-state index contributed by atoms with van der Waals surface area (Å²) in [5.41, 5.74) is 1.48. The Kier molecular flexibility index (Phi) is 2.81. The van der Waals surface area contributed by atoms with Gasteiger partial charge in [0.15, 0.2) is 0 Å². The lowest BCUT2D eigenvalue weighted by atomic mass is 10.0. The van der Waals surface area contributed by atoms with Crippen molar-refractivity contribution in [2.75, 3.05) is 0 Å². The first-order valence-electron chi connectivity index (χ1n) is 5.01. The second kappa shape index (κ2) is 4.27. The summed E-state index contributed by atoms with van der Waals surface area (Å²) < 4.78 is 0. The van der Waals surface area contributed by atoms with Crippen LogP contribution in [0.15, 0.2) is 48.1 Å². The molecule has 0 fully saturated rings. The van der Waals surface area contributed by atoms with Crippen LogP contribution < -0.4 is 0 Å². The van der Waals surface area contributed by atoms with E-state index in [1.54, 1.807) is 0 Å². The third-order valence-electron chi connectivity index (χ3n) is 2.56. The zero-order valence-electron chi connectivity index (χ0n) is 7.82. The fourth-order valence-corrected chi connectivity index (χ4v) is 1.79. The van der Waals surface area contributed by atoms with Crippen LogP contribution in [-0.2, 0) is 0 Å². The molecule has 0 saturated carbocycles. The molecule has 13 heavy (non-hydrogen) atoms. The molecule has 0 aromatic heterocycles. The van der Waals surface area contributed by atoms with Crippen molar-refractivity contribution in [2.45, 2.75) is 19.3 Å². The summed E-state index contributed by atoms with van der Waals surface area (Å²) >= 11 is 0. The minimum Gasteiger partial charge on any atom is -0.0776 e. The van der Waals surface area contributed by atoms with E-state index in [1.165, 1.54) is 24.8 Å². The average molecular weight is 171 g/mol. The summed E-state index contributed by atoms with van der Waals surface area (Å²) in [5.74, 6) is 0.704. The van der Waals surface area contributed by atoms with Gasteiger partial charge >= 0.3 is 0 Å². The maximum atomic E-state index is 2.28. The Morgan fingerprint density at radius 2 is 1.92 bits per heavy atom. The molecule has 2 rings (SSSR count). The maximum Gasteiger partial charge on any atom is 0.00535 e. The highest BCUT2D eigenvalue weighted by Crippen LogP contribution is 2.20. The minimum absolute atomic E-state index is 0.704. The van der Waals surface area contributed by atoms with Gasteiger partial charge in [0, 0.05) is 6.42 Å². The topological polar surface area (TPSA) is 0 Å². The molecule has 0 nitrogen and oxygen atoms in total. The molecule has 67 valence electrons. The Hall–Kier alpha value is -1.04. The van der Waals surface area contributed by atoms with Crippen LogP contribution in [0, 0.1) is 12.3 Å². The highest BCUT2D eigenvalue weighted by molar-refractivity contribution is 5.33. The quantitative estimate of drug-likeness (QED) is 0.606. The van der Waals surface area contributed by atoms with E-state index >= 15 is 0 Å². The van der Waals surface area contributed by atoms with Gasteiger partial charge in [0.05, 0.1) is 0 Å². The summed E-state index contributed by atoms with van der Waals surface area (Å²) in [6, 6.07) is 0. The Morgan fingerprint density at radius 3 is 2.62 bits per heavy atom. The van der Waals surface area contributed by atoms with Crippen LogP contribution in [0.5, 0.6) is 0 Å². The molecule has 0 aromatic rings. The first-order valence-corrected chi connectivity index (χ1v) is 5.01. The van der Waals surface area contributed by atoms with Crippen LogP contribution in [0.2, 0.25) is 0 Å². The van der Waals surface area contributed by atoms with E-state index in [9.17, 15) is 0 Å². The van der Waals surface area contributed by atoms with Gasteiger partial charge in [-0.15, -0.1) is 0 Å². The first kappa shape index (κ1) is 8.55. The fourth-order valence-electron chi connectivity index (χ4n) is 1.79. The lowest BCUT2D eigenvalue weighted by Gasteiger charge is -2.04. The molecule has 0 heteroatoms. The van der Waals surface area contributed by atoms with Crippen LogP contribution in [0.25, 0.3) is 0 Å². The summed E-state index contributed by atoms with van der Waals surface area (Å²) in [4.78, 5) is 0. The summed E-state index contributed by atoms with van der Waals surface area (Å²) in [7, 11) is 0. The van der Waals surface area contributed by atoms with Crippen molar-refractivity contribution in [1.82, 2.24) is 0 Å². The monoisotopic (exact) mass is 171 g/mol. The Labute approximate surface area is 80.3 Å². The number of allylic oxidation sites excluding steroid dienone is 8. The van der Waals surface area contributed by atoms with E-state index in [0.29, 0.717) is 5.92 Å². The molecule has 0 N–H and O–H groups in total. The molecular weight excluding hydrogens is 156 g/mol. The molecule has 2 aliphatic rings. The molecule has 0 spiro atoms. The summed E-state index contributed by atoms with van der Waals surface area (Å²) in [6.07, 6.45) is 21.3. The zero-order chi connectivity index (χ0) is 8.93. The van der Waals surface area contributed by atoms with Crippen LogP contribution in [-0.4, -0.2) is 0 Å². The molecule has 0 atom stereocenters. The summed E-state index contributed by atoms with van der Waals surface area (Å²) in [6.45, 7) is 0. The molecule has 0 amide bonds. The van der Waals surface area contributed by atoms with Crippen LogP contribution in [0.4, 0.5) is 0 Å². The van der Waals surface area contributed by atoms with Gasteiger partial charge in [-0.1, -0.05) is 48.1 Å². The van der Waals surface area contributed by atoms with E-state index in [0.717, 1.165) is 0 Å². The highest BCUT2D eigenvalue weighted by Gasteiger charge is 2.04. The van der Waals surface area contributed by atoms with Crippen LogP contribution >= 0.6 is 0 Å². The van der Waals surface area contributed by atoms with E-state index in [2.05, 4.69) is 49.0 Å². The molecule has 0 aromatic carbocycles. The standard InChI is InChI=1S/C13H15/c1-2-7-12(6-1)10-5-11-13-8-3-4-9-13/h1-4,6-9,12H,5,10-11H2. The SMILES string of the molecule is [CH]1C=CC(CCCC2C=CC=C2)=C1. The third kappa shape index (κ3) is 2.45. The van der Waals surface area contributed by atoms with E-state index in [1.807, 2.05) is 0 Å². The number of rotatable bonds is 4. The van der Waals surface area contributed by atoms with Crippen molar-refractivity contribution in [1.29, 1.82) is 0 Å². The van der Waals surface area contributed by atoms with Gasteiger partial charge in [-0.3, -0.25) is 0 Å². The molecule has 0 aliphatic heterocycles. The second-order valence-electron chi connectivity index (χ2n) is 3.62. The van der Waals surface area contributed by atoms with E-state index in [4.69, 9.17) is 0 Å². The fraction of sp³-hybridized carbons (Fsp3) is 0.308. The van der Waals surface area contributed by atoms with Crippen molar-refractivity contribution in [3.8, 4) is 0 Å². The van der Waals surface area contributed by atoms with Crippen molar-refractivity contribution < 1.29 is 0 Å². The van der Waals surface area contributed by atoms with Gasteiger partial charge in [-0.25, -0.2) is 0 Å². The molecule has 1 radical (unpaired) electrons. The Morgan fingerprint density at radius 1 is 1.08 bits per heavy atom. The second-order valence-corrected chi connectivity index (χ2v) is 3.62. The molecular formula is C13H15. The van der Waals surface area contributed by atoms with Crippen molar-refractivity contribution in [3.05, 3.63) is 54.5 Å². The van der Waals surface area contributed by atoms with Gasteiger partial charge in [0.2, 0.25) is 0 Å². The molecule has 0 unspecified atom stereocenters. The van der Waals surface area contributed by atoms with Gasteiger partial charge in [-0.05, 0) is 25.2 Å². The molecule has 0 bridgehead atoms. The zero-order valence-corrected chi connectivity index (χ0v) is 7.82. The van der Waals surface area contributed by atoms with Crippen LogP contribution in [0.1, 0.15) is 19.3 Å². The van der Waals surface area contributed by atoms with E-state index < -0.39 is 0 Å². The van der Waals surface area contributed by atoms with E-state index in [-0.39, 0.29) is 0 Å². The third-order valence-corrected chi connectivity index (χ3v) is 2.56. The van der Waals surface area contributed by atoms with Gasteiger partial charge in [-0.2, -0.15) is 0 Å². The van der Waals surface area contributed by atoms with Gasteiger partial charge < -0.3 is 0 Å². The Balaban J connectivity index is 1.66. The maximum absolute atomic E-state index is 2.28. The molecule has 0 saturated heterocycles. The minimum atomic E-state index is 0.704. The first-order chi connectivity index (χ1) is 6.45. The van der Waals surface area contributed by atoms with Crippen molar-refractivity contribution in [3.63, 3.8) is 0 Å². The highest BCUT2D eigenvalue weighted by atomic mass is 14.1. The lowest BCUT2D eigenvalue weighted by Crippen LogP contribution is -1.89. The van der Waals surface area contributed by atoms with Gasteiger partial charge in [0.25, 0.3) is 0 Å².